The Morgan fingerprint density at radius 1 is 1.16 bits per heavy atom. The lowest BCUT2D eigenvalue weighted by Crippen LogP contribution is -2.20. The number of rotatable bonds is 7. The molecule has 1 aromatic heterocycles. The van der Waals surface area contributed by atoms with Crippen LogP contribution < -0.4 is 11.5 Å². The van der Waals surface area contributed by atoms with Crippen molar-refractivity contribution in [3.8, 4) is 0 Å². The summed E-state index contributed by atoms with van der Waals surface area (Å²) in [7, 11) is 0. The van der Waals surface area contributed by atoms with Gasteiger partial charge in [0.15, 0.2) is 0 Å². The van der Waals surface area contributed by atoms with Gasteiger partial charge in [-0.05, 0) is 61.9 Å². The number of aromatic nitrogens is 1. The minimum absolute atomic E-state index is 0.00712. The molecule has 5 N–H and O–H groups in total. The van der Waals surface area contributed by atoms with E-state index in [0.717, 1.165) is 32.1 Å². The zero-order valence-corrected chi connectivity index (χ0v) is 18.2. The van der Waals surface area contributed by atoms with Gasteiger partial charge in [-0.3, -0.25) is 9.78 Å². The number of unbranched alkanes of at least 4 members (excludes halogenated alkanes) is 1. The number of hydrogen-bond acceptors (Lipinski definition) is 4. The van der Waals surface area contributed by atoms with Crippen LogP contribution in [0, 0.1) is 17.1 Å². The van der Waals surface area contributed by atoms with E-state index < -0.39 is 11.7 Å². The molecule has 166 valence electrons. The summed E-state index contributed by atoms with van der Waals surface area (Å²) in [5.74, 6) is -1.15. The highest BCUT2D eigenvalue weighted by molar-refractivity contribution is 6.13. The Morgan fingerprint density at radius 2 is 1.90 bits per heavy atom. The zero-order valence-electron chi connectivity index (χ0n) is 18.2. The van der Waals surface area contributed by atoms with Crippen molar-refractivity contribution in [3.63, 3.8) is 0 Å². The van der Waals surface area contributed by atoms with Gasteiger partial charge in [-0.15, -0.1) is 0 Å². The molecule has 31 heavy (non-hydrogen) atoms. The molecule has 1 fully saturated rings. The minimum atomic E-state index is -0.751. The molecule has 2 aromatic rings. The second-order valence-electron chi connectivity index (χ2n) is 7.84. The van der Waals surface area contributed by atoms with Gasteiger partial charge in [0, 0.05) is 23.2 Å². The predicted molar refractivity (Wildman–Crippen MR) is 123 cm³/mol. The Kier molecular flexibility index (Phi) is 9.88. The van der Waals surface area contributed by atoms with Crippen molar-refractivity contribution in [2.24, 2.45) is 17.4 Å². The van der Waals surface area contributed by atoms with Gasteiger partial charge < -0.3 is 16.9 Å². The molecular formula is C25H33FN4O. The van der Waals surface area contributed by atoms with Crippen LogP contribution >= 0.6 is 0 Å². The molecule has 1 aliphatic rings. The van der Waals surface area contributed by atoms with Gasteiger partial charge in [0.05, 0.1) is 11.3 Å². The van der Waals surface area contributed by atoms with Crippen LogP contribution in [0.5, 0.6) is 0 Å². The van der Waals surface area contributed by atoms with E-state index in [1.807, 2.05) is 18.3 Å². The van der Waals surface area contributed by atoms with E-state index in [1.54, 1.807) is 0 Å². The van der Waals surface area contributed by atoms with Crippen molar-refractivity contribution < 1.29 is 9.18 Å². The summed E-state index contributed by atoms with van der Waals surface area (Å²) >= 11 is 0. The van der Waals surface area contributed by atoms with E-state index in [2.05, 4.69) is 18.0 Å². The number of nitrogens with two attached hydrogens (primary N) is 2. The molecule has 1 amide bonds. The van der Waals surface area contributed by atoms with Crippen LogP contribution in [0.25, 0.3) is 0 Å². The average molecular weight is 425 g/mol. The fourth-order valence-corrected chi connectivity index (χ4v) is 3.70. The summed E-state index contributed by atoms with van der Waals surface area (Å²) in [6.45, 7) is 2.20. The Labute approximate surface area is 184 Å². The van der Waals surface area contributed by atoms with Gasteiger partial charge in [-0.25, -0.2) is 4.39 Å². The SMILES string of the molecule is CCCCc1ccccn1.N=C(/C=C(\N)C1CCCCC1)c1c(F)cccc1C(N)=O. The maximum Gasteiger partial charge on any atom is 0.249 e. The number of allylic oxidation sites excluding steroid dienone is 2. The molecule has 3 rings (SSSR count). The van der Waals surface area contributed by atoms with E-state index in [4.69, 9.17) is 16.9 Å². The molecule has 0 saturated heterocycles. The van der Waals surface area contributed by atoms with Crippen molar-refractivity contribution in [2.75, 3.05) is 0 Å². The second-order valence-corrected chi connectivity index (χ2v) is 7.84. The highest BCUT2D eigenvalue weighted by Gasteiger charge is 2.19. The first-order valence-electron chi connectivity index (χ1n) is 11.0. The van der Waals surface area contributed by atoms with Crippen LogP contribution in [0.2, 0.25) is 0 Å². The highest BCUT2D eigenvalue weighted by Crippen LogP contribution is 2.27. The molecular weight excluding hydrogens is 391 g/mol. The lowest BCUT2D eigenvalue weighted by Gasteiger charge is -2.22. The topological polar surface area (TPSA) is 106 Å². The van der Waals surface area contributed by atoms with Crippen molar-refractivity contribution in [1.29, 1.82) is 5.41 Å². The number of carbonyl (C=O) groups is 1. The van der Waals surface area contributed by atoms with Gasteiger partial charge in [0.1, 0.15) is 5.82 Å². The first-order chi connectivity index (χ1) is 14.9. The van der Waals surface area contributed by atoms with E-state index in [0.29, 0.717) is 5.70 Å². The van der Waals surface area contributed by atoms with Gasteiger partial charge in [0.2, 0.25) is 5.91 Å². The van der Waals surface area contributed by atoms with Gasteiger partial charge in [-0.2, -0.15) is 0 Å². The molecule has 0 spiro atoms. The van der Waals surface area contributed by atoms with Crippen LogP contribution in [0.15, 0.2) is 54.4 Å². The molecule has 0 atom stereocenters. The van der Waals surface area contributed by atoms with Crippen LogP contribution in [-0.2, 0) is 6.42 Å². The Hall–Kier alpha value is -3.02. The normalized spacial score (nSPS) is 14.5. The molecule has 1 saturated carbocycles. The van der Waals surface area contributed by atoms with Gasteiger partial charge in [0.25, 0.3) is 0 Å². The number of benzene rings is 1. The standard InChI is InChI=1S/C16H20FN3O.C9H13N/c17-12-8-4-7-11(16(20)21)15(12)14(19)9-13(18)10-5-2-1-3-6-10;1-2-3-6-9-7-4-5-8-10-9/h4,7-10,19H,1-3,5-6,18H2,(H2,20,21);4-5,7-8H,2-3,6H2,1H3/b13-9-,19-14?;. The molecule has 6 heteroatoms. The summed E-state index contributed by atoms with van der Waals surface area (Å²) in [5.41, 5.74) is 12.9. The van der Waals surface area contributed by atoms with Crippen LogP contribution in [0.1, 0.15) is 73.5 Å². The molecule has 1 aromatic carbocycles. The van der Waals surface area contributed by atoms with Crippen LogP contribution in [-0.4, -0.2) is 16.6 Å². The van der Waals surface area contributed by atoms with E-state index in [-0.39, 0.29) is 22.8 Å². The first kappa shape index (κ1) is 24.3. The minimum Gasteiger partial charge on any atom is -0.402 e. The molecule has 1 aliphatic carbocycles. The summed E-state index contributed by atoms with van der Waals surface area (Å²) in [6, 6.07) is 10.1. The van der Waals surface area contributed by atoms with Gasteiger partial charge >= 0.3 is 0 Å². The number of aryl methyl sites for hydroxylation is 1. The van der Waals surface area contributed by atoms with E-state index in [1.165, 1.54) is 49.2 Å². The number of amides is 1. The number of pyridine rings is 1. The smallest absolute Gasteiger partial charge is 0.249 e. The summed E-state index contributed by atoms with van der Waals surface area (Å²) in [4.78, 5) is 15.6. The number of primary amides is 1. The quantitative estimate of drug-likeness (QED) is 0.536. The molecule has 5 nitrogen and oxygen atoms in total. The largest absolute Gasteiger partial charge is 0.402 e. The maximum absolute atomic E-state index is 13.9. The molecule has 0 radical (unpaired) electrons. The van der Waals surface area contributed by atoms with Crippen molar-refractivity contribution in [1.82, 2.24) is 4.98 Å². The summed E-state index contributed by atoms with van der Waals surface area (Å²) in [5, 5.41) is 8.05. The Bertz CT molecular complexity index is 890. The van der Waals surface area contributed by atoms with Crippen LogP contribution in [0.3, 0.4) is 0 Å². The molecule has 0 unspecified atom stereocenters. The van der Waals surface area contributed by atoms with Crippen molar-refractivity contribution in [2.45, 2.75) is 58.3 Å². The predicted octanol–water partition coefficient (Wildman–Crippen LogP) is 5.14. The lowest BCUT2D eigenvalue weighted by atomic mass is 9.86. The molecule has 0 bridgehead atoms. The fraction of sp³-hybridized carbons (Fsp3) is 0.400. The third kappa shape index (κ3) is 7.63. The third-order valence-corrected chi connectivity index (χ3v) is 5.45. The summed E-state index contributed by atoms with van der Waals surface area (Å²) in [6.07, 6.45) is 12.4. The summed E-state index contributed by atoms with van der Waals surface area (Å²) < 4.78 is 13.9. The van der Waals surface area contributed by atoms with E-state index >= 15 is 0 Å². The fourth-order valence-electron chi connectivity index (χ4n) is 3.70. The lowest BCUT2D eigenvalue weighted by molar-refractivity contribution is 0.0999. The first-order valence-corrected chi connectivity index (χ1v) is 11.0. The molecule has 0 aliphatic heterocycles. The van der Waals surface area contributed by atoms with Crippen molar-refractivity contribution in [3.05, 3.63) is 77.0 Å². The monoisotopic (exact) mass is 424 g/mol. The maximum atomic E-state index is 13.9. The number of nitrogens with one attached hydrogen (secondary N) is 1. The number of carbonyl (C=O) groups excluding carboxylic acids is 1. The van der Waals surface area contributed by atoms with Crippen LogP contribution in [0.4, 0.5) is 4.39 Å². The van der Waals surface area contributed by atoms with E-state index in [9.17, 15) is 9.18 Å². The Morgan fingerprint density at radius 3 is 2.52 bits per heavy atom. The van der Waals surface area contributed by atoms with Gasteiger partial charge in [-0.1, -0.05) is 44.7 Å². The average Bonchev–Trinajstić information content (AvgIpc) is 2.79. The second kappa shape index (κ2) is 12.6. The third-order valence-electron chi connectivity index (χ3n) is 5.45. The number of halogens is 1. The highest BCUT2D eigenvalue weighted by atomic mass is 19.1. The Balaban J connectivity index is 0.000000285. The zero-order chi connectivity index (χ0) is 22.6. The number of hydrogen-bond donors (Lipinski definition) is 3. The number of nitrogens with zero attached hydrogens (tertiary/aromatic N) is 1. The van der Waals surface area contributed by atoms with Crippen molar-refractivity contribution >= 4 is 11.6 Å². The molecule has 1 heterocycles.